The molecule has 126 valence electrons. The lowest BCUT2D eigenvalue weighted by Gasteiger charge is -2.10. The fourth-order valence-electron chi connectivity index (χ4n) is 2.23. The van der Waals surface area contributed by atoms with E-state index in [1.807, 2.05) is 42.5 Å². The van der Waals surface area contributed by atoms with Gasteiger partial charge in [0, 0.05) is 10.5 Å². The molecule has 0 bridgehead atoms. The van der Waals surface area contributed by atoms with Crippen LogP contribution in [0.1, 0.15) is 5.56 Å². The van der Waals surface area contributed by atoms with E-state index < -0.39 is 0 Å². The first-order valence-electron chi connectivity index (χ1n) is 7.43. The van der Waals surface area contributed by atoms with Gasteiger partial charge in [-0.15, -0.1) is 0 Å². The van der Waals surface area contributed by atoms with Crippen molar-refractivity contribution in [2.24, 2.45) is 0 Å². The summed E-state index contributed by atoms with van der Waals surface area (Å²) in [5, 5.41) is 6.97. The molecule has 0 fully saturated rings. The Hall–Kier alpha value is -2.93. The van der Waals surface area contributed by atoms with Crippen LogP contribution in [0.4, 0.5) is 5.69 Å². The average Bonchev–Trinajstić information content (AvgIpc) is 3.15. The zero-order valence-corrected chi connectivity index (χ0v) is 15.0. The largest absolute Gasteiger partial charge is 0.497 e. The summed E-state index contributed by atoms with van der Waals surface area (Å²) in [6.45, 7) is 0. The molecule has 0 atom stereocenters. The van der Waals surface area contributed by atoms with Crippen molar-refractivity contribution >= 4 is 33.6 Å². The van der Waals surface area contributed by atoms with Gasteiger partial charge in [0.05, 0.1) is 18.5 Å². The Morgan fingerprint density at radius 2 is 2.16 bits per heavy atom. The topological polar surface area (TPSA) is 69.0 Å². The van der Waals surface area contributed by atoms with Crippen molar-refractivity contribution in [3.8, 4) is 11.4 Å². The number of aromatic nitrogens is 3. The van der Waals surface area contributed by atoms with E-state index in [0.717, 1.165) is 21.5 Å². The number of ether oxygens (including phenoxy) is 1. The minimum Gasteiger partial charge on any atom is -0.497 e. The highest BCUT2D eigenvalue weighted by Crippen LogP contribution is 2.24. The molecule has 1 heterocycles. The summed E-state index contributed by atoms with van der Waals surface area (Å²) in [5.41, 5.74) is 2.23. The molecule has 0 unspecified atom stereocenters. The maximum Gasteiger partial charge on any atom is 0.248 e. The van der Waals surface area contributed by atoms with Gasteiger partial charge >= 0.3 is 0 Å². The Kier molecular flexibility index (Phi) is 5.25. The van der Waals surface area contributed by atoms with Crippen molar-refractivity contribution in [1.29, 1.82) is 0 Å². The van der Waals surface area contributed by atoms with Crippen molar-refractivity contribution in [2.45, 2.75) is 0 Å². The van der Waals surface area contributed by atoms with Gasteiger partial charge in [-0.1, -0.05) is 28.1 Å². The van der Waals surface area contributed by atoms with Crippen LogP contribution in [0.15, 0.2) is 65.7 Å². The van der Waals surface area contributed by atoms with E-state index in [1.54, 1.807) is 24.2 Å². The van der Waals surface area contributed by atoms with Gasteiger partial charge < -0.3 is 10.1 Å². The number of benzene rings is 2. The second-order valence-corrected chi connectivity index (χ2v) is 6.02. The highest BCUT2D eigenvalue weighted by atomic mass is 79.9. The predicted molar refractivity (Wildman–Crippen MR) is 99.7 cm³/mol. The Morgan fingerprint density at radius 1 is 1.28 bits per heavy atom. The molecule has 0 saturated carbocycles. The van der Waals surface area contributed by atoms with E-state index in [1.165, 1.54) is 12.4 Å². The number of anilines is 1. The van der Waals surface area contributed by atoms with Crippen LogP contribution in [-0.4, -0.2) is 27.8 Å². The third kappa shape index (κ3) is 4.33. The summed E-state index contributed by atoms with van der Waals surface area (Å²) in [6.07, 6.45) is 6.22. The number of methoxy groups -OCH3 is 1. The quantitative estimate of drug-likeness (QED) is 0.665. The first-order valence-corrected chi connectivity index (χ1v) is 8.22. The Bertz CT molecular complexity index is 907. The maximum atomic E-state index is 12.3. The minimum atomic E-state index is -0.248. The molecule has 0 saturated heterocycles. The molecule has 0 aliphatic heterocycles. The first kappa shape index (κ1) is 16.9. The second kappa shape index (κ2) is 7.76. The number of rotatable bonds is 5. The number of nitrogens with one attached hydrogen (secondary N) is 1. The van der Waals surface area contributed by atoms with E-state index in [4.69, 9.17) is 4.74 Å². The van der Waals surface area contributed by atoms with Gasteiger partial charge in [0.25, 0.3) is 0 Å². The van der Waals surface area contributed by atoms with Crippen LogP contribution in [-0.2, 0) is 4.79 Å². The molecule has 0 aliphatic carbocycles. The number of carbonyl (C=O) groups excluding carboxylic acids is 1. The summed E-state index contributed by atoms with van der Waals surface area (Å²) >= 11 is 3.41. The molecule has 1 aromatic heterocycles. The van der Waals surface area contributed by atoms with Crippen LogP contribution in [0.2, 0.25) is 0 Å². The molecule has 0 radical (unpaired) electrons. The summed E-state index contributed by atoms with van der Waals surface area (Å²) < 4.78 is 7.61. The van der Waals surface area contributed by atoms with Gasteiger partial charge in [-0.05, 0) is 42.0 Å². The number of amides is 1. The molecule has 0 spiro atoms. The van der Waals surface area contributed by atoms with E-state index >= 15 is 0 Å². The van der Waals surface area contributed by atoms with E-state index in [-0.39, 0.29) is 5.91 Å². The zero-order valence-electron chi connectivity index (χ0n) is 13.4. The minimum absolute atomic E-state index is 0.248. The summed E-state index contributed by atoms with van der Waals surface area (Å²) in [4.78, 5) is 16.2. The maximum absolute atomic E-state index is 12.3. The Morgan fingerprint density at radius 3 is 2.92 bits per heavy atom. The van der Waals surface area contributed by atoms with Crippen molar-refractivity contribution in [1.82, 2.24) is 14.8 Å². The van der Waals surface area contributed by atoms with Crippen molar-refractivity contribution in [3.05, 3.63) is 71.2 Å². The van der Waals surface area contributed by atoms with Gasteiger partial charge in [0.15, 0.2) is 0 Å². The number of halogens is 1. The molecule has 3 rings (SSSR count). The fraction of sp³-hybridized carbons (Fsp3) is 0.0556. The molecule has 7 heteroatoms. The van der Waals surface area contributed by atoms with E-state index in [9.17, 15) is 4.79 Å². The molecule has 6 nitrogen and oxygen atoms in total. The highest BCUT2D eigenvalue weighted by molar-refractivity contribution is 9.10. The molecule has 0 aliphatic rings. The summed E-state index contributed by atoms with van der Waals surface area (Å²) in [7, 11) is 1.61. The van der Waals surface area contributed by atoms with Crippen LogP contribution >= 0.6 is 15.9 Å². The monoisotopic (exact) mass is 398 g/mol. The predicted octanol–water partition coefficient (Wildman–Crippen LogP) is 3.69. The van der Waals surface area contributed by atoms with Gasteiger partial charge in [-0.25, -0.2) is 9.67 Å². The third-order valence-electron chi connectivity index (χ3n) is 3.40. The molecular formula is C18H15BrN4O2. The van der Waals surface area contributed by atoms with Crippen molar-refractivity contribution in [2.75, 3.05) is 12.4 Å². The van der Waals surface area contributed by atoms with Crippen molar-refractivity contribution in [3.63, 3.8) is 0 Å². The SMILES string of the molecule is COc1cccc(/C=C/C(=O)Nc2cc(Br)ccc2-n2cncn2)c1. The van der Waals surface area contributed by atoms with E-state index in [0.29, 0.717) is 5.69 Å². The van der Waals surface area contributed by atoms with Crippen LogP contribution in [0.25, 0.3) is 11.8 Å². The van der Waals surface area contributed by atoms with Gasteiger partial charge in [-0.2, -0.15) is 5.10 Å². The number of hydrogen-bond acceptors (Lipinski definition) is 4. The summed E-state index contributed by atoms with van der Waals surface area (Å²) in [6, 6.07) is 13.0. The lowest BCUT2D eigenvalue weighted by Crippen LogP contribution is -2.11. The Labute approximate surface area is 153 Å². The third-order valence-corrected chi connectivity index (χ3v) is 3.90. The van der Waals surface area contributed by atoms with Gasteiger partial charge in [0.2, 0.25) is 5.91 Å². The Balaban J connectivity index is 1.79. The molecule has 25 heavy (non-hydrogen) atoms. The lowest BCUT2D eigenvalue weighted by atomic mass is 10.2. The average molecular weight is 399 g/mol. The smallest absolute Gasteiger partial charge is 0.248 e. The van der Waals surface area contributed by atoms with Crippen LogP contribution in [0.5, 0.6) is 5.75 Å². The standard InChI is InChI=1S/C18H15BrN4O2/c1-25-15-4-2-3-13(9-15)5-8-18(24)22-16-10-14(19)6-7-17(16)23-12-20-11-21-23/h2-12H,1H3,(H,22,24)/b8-5+. The highest BCUT2D eigenvalue weighted by Gasteiger charge is 2.08. The van der Waals surface area contributed by atoms with Gasteiger partial charge in [0.1, 0.15) is 18.4 Å². The van der Waals surface area contributed by atoms with Gasteiger partial charge in [-0.3, -0.25) is 4.79 Å². The molecule has 2 aromatic carbocycles. The van der Waals surface area contributed by atoms with Crippen LogP contribution in [0.3, 0.4) is 0 Å². The van der Waals surface area contributed by atoms with Crippen LogP contribution < -0.4 is 10.1 Å². The van der Waals surface area contributed by atoms with E-state index in [2.05, 4.69) is 31.3 Å². The summed E-state index contributed by atoms with van der Waals surface area (Å²) in [5.74, 6) is 0.491. The van der Waals surface area contributed by atoms with Crippen LogP contribution in [0, 0.1) is 0 Å². The molecule has 1 amide bonds. The number of nitrogens with zero attached hydrogens (tertiary/aromatic N) is 3. The first-order chi connectivity index (χ1) is 12.2. The number of hydrogen-bond donors (Lipinski definition) is 1. The van der Waals surface area contributed by atoms with Crippen molar-refractivity contribution < 1.29 is 9.53 Å². The lowest BCUT2D eigenvalue weighted by molar-refractivity contribution is -0.111. The normalized spacial score (nSPS) is 10.8. The second-order valence-electron chi connectivity index (χ2n) is 5.10. The zero-order chi connectivity index (χ0) is 17.6. The fourth-order valence-corrected chi connectivity index (χ4v) is 2.59. The molecular weight excluding hydrogens is 384 g/mol. The molecule has 1 N–H and O–H groups in total. The number of carbonyl (C=O) groups is 1. The molecule has 3 aromatic rings.